The van der Waals surface area contributed by atoms with E-state index >= 15 is 0 Å². The molecule has 0 aromatic heterocycles. The van der Waals surface area contributed by atoms with Crippen molar-refractivity contribution in [3.8, 4) is 5.75 Å². The Bertz CT molecular complexity index is 309. The highest BCUT2D eigenvalue weighted by atomic mass is 16.3. The number of rotatable bonds is 7. The van der Waals surface area contributed by atoms with Gasteiger partial charge < -0.3 is 20.6 Å². The molecule has 1 aromatic carbocycles. The summed E-state index contributed by atoms with van der Waals surface area (Å²) in [5, 5.41) is 30.2. The van der Waals surface area contributed by atoms with E-state index < -0.39 is 0 Å². The molecule has 0 aliphatic carbocycles. The van der Waals surface area contributed by atoms with Crippen LogP contribution in [-0.2, 0) is 6.42 Å². The largest absolute Gasteiger partial charge is 0.508 e. The molecular weight excluding hydrogens is 218 g/mol. The minimum atomic E-state index is -0.246. The molecule has 0 radical (unpaired) electrons. The third-order valence-corrected chi connectivity index (χ3v) is 2.76. The van der Waals surface area contributed by atoms with Crippen molar-refractivity contribution in [1.29, 1.82) is 0 Å². The average Bonchev–Trinajstić information content (AvgIpc) is 2.35. The first kappa shape index (κ1) is 14.0. The third-order valence-electron chi connectivity index (χ3n) is 2.76. The summed E-state index contributed by atoms with van der Waals surface area (Å²) < 4.78 is 0. The number of nitrogens with one attached hydrogen (secondary N) is 1. The Balaban J connectivity index is 2.32. The highest BCUT2D eigenvalue weighted by molar-refractivity contribution is 5.25. The van der Waals surface area contributed by atoms with Gasteiger partial charge in [0.2, 0.25) is 0 Å². The van der Waals surface area contributed by atoms with Crippen LogP contribution in [0, 0.1) is 0 Å². The predicted molar refractivity (Wildman–Crippen MR) is 67.0 cm³/mol. The normalized spacial score (nSPS) is 12.9. The summed E-state index contributed by atoms with van der Waals surface area (Å²) in [6, 6.07) is 7.14. The van der Waals surface area contributed by atoms with E-state index in [1.807, 2.05) is 19.1 Å². The van der Waals surface area contributed by atoms with Gasteiger partial charge in [-0.1, -0.05) is 12.1 Å². The maximum Gasteiger partial charge on any atom is 0.115 e. The first-order chi connectivity index (χ1) is 8.15. The maximum absolute atomic E-state index is 9.15. The summed E-state index contributed by atoms with van der Waals surface area (Å²) in [6.07, 6.45) is 1.82. The van der Waals surface area contributed by atoms with E-state index in [1.54, 1.807) is 12.1 Å². The Hall–Kier alpha value is -1.10. The molecule has 4 heteroatoms. The van der Waals surface area contributed by atoms with Crippen LogP contribution in [0.3, 0.4) is 0 Å². The highest BCUT2D eigenvalue weighted by Crippen LogP contribution is 2.11. The van der Waals surface area contributed by atoms with Crippen LogP contribution in [0.25, 0.3) is 0 Å². The Morgan fingerprint density at radius 1 is 1.12 bits per heavy atom. The number of phenols is 1. The van der Waals surface area contributed by atoms with Crippen molar-refractivity contribution >= 4 is 0 Å². The van der Waals surface area contributed by atoms with Crippen molar-refractivity contribution in [2.45, 2.75) is 31.8 Å². The van der Waals surface area contributed by atoms with Crippen LogP contribution in [-0.4, -0.2) is 40.6 Å². The zero-order chi connectivity index (χ0) is 12.7. The number of aromatic hydroxyl groups is 1. The van der Waals surface area contributed by atoms with Gasteiger partial charge in [0, 0.05) is 6.04 Å². The smallest absolute Gasteiger partial charge is 0.115 e. The fraction of sp³-hybridized carbons (Fsp3) is 0.538. The van der Waals surface area contributed by atoms with Gasteiger partial charge in [0.15, 0.2) is 0 Å². The summed E-state index contributed by atoms with van der Waals surface area (Å²) in [5.41, 5.74) is 1.17. The quantitative estimate of drug-likeness (QED) is 0.564. The average molecular weight is 239 g/mol. The molecule has 4 nitrogen and oxygen atoms in total. The number of aliphatic hydroxyl groups excluding tert-OH is 2. The second kappa shape index (κ2) is 7.27. The SMILES string of the molecule is CC(CCc1ccc(O)cc1)NC(CO)CO. The summed E-state index contributed by atoms with van der Waals surface area (Å²) in [5.74, 6) is 0.278. The molecule has 0 saturated heterocycles. The second-order valence-electron chi connectivity index (χ2n) is 4.33. The Morgan fingerprint density at radius 3 is 2.24 bits per heavy atom. The van der Waals surface area contributed by atoms with Gasteiger partial charge in [0.1, 0.15) is 5.75 Å². The minimum absolute atomic E-state index is 0.0555. The molecular formula is C13H21NO3. The molecule has 0 heterocycles. The lowest BCUT2D eigenvalue weighted by Crippen LogP contribution is -2.41. The molecule has 17 heavy (non-hydrogen) atoms. The Morgan fingerprint density at radius 2 is 1.71 bits per heavy atom. The molecule has 1 rings (SSSR count). The second-order valence-corrected chi connectivity index (χ2v) is 4.33. The van der Waals surface area contributed by atoms with Crippen LogP contribution in [0.2, 0.25) is 0 Å². The van der Waals surface area contributed by atoms with Crippen molar-refractivity contribution < 1.29 is 15.3 Å². The van der Waals surface area contributed by atoms with E-state index in [-0.39, 0.29) is 31.0 Å². The fourth-order valence-electron chi connectivity index (χ4n) is 1.69. The van der Waals surface area contributed by atoms with Crippen LogP contribution < -0.4 is 5.32 Å². The van der Waals surface area contributed by atoms with E-state index in [1.165, 1.54) is 5.56 Å². The van der Waals surface area contributed by atoms with Gasteiger partial charge in [-0.15, -0.1) is 0 Å². The number of hydrogen-bond donors (Lipinski definition) is 4. The molecule has 0 aliphatic rings. The molecule has 0 saturated carbocycles. The number of phenolic OH excluding ortho intramolecular Hbond substituents is 1. The monoisotopic (exact) mass is 239 g/mol. The predicted octanol–water partition coefficient (Wildman–Crippen LogP) is 0.656. The van der Waals surface area contributed by atoms with E-state index in [9.17, 15) is 0 Å². The summed E-state index contributed by atoms with van der Waals surface area (Å²) in [7, 11) is 0. The van der Waals surface area contributed by atoms with Crippen LogP contribution in [0.5, 0.6) is 5.75 Å². The molecule has 1 aromatic rings. The van der Waals surface area contributed by atoms with E-state index in [2.05, 4.69) is 5.32 Å². The van der Waals surface area contributed by atoms with Crippen molar-refractivity contribution in [3.63, 3.8) is 0 Å². The number of benzene rings is 1. The van der Waals surface area contributed by atoms with Crippen molar-refractivity contribution in [2.75, 3.05) is 13.2 Å². The molecule has 0 fully saturated rings. The highest BCUT2D eigenvalue weighted by Gasteiger charge is 2.09. The van der Waals surface area contributed by atoms with Gasteiger partial charge in [-0.05, 0) is 37.5 Å². The van der Waals surface area contributed by atoms with Gasteiger partial charge in [0.25, 0.3) is 0 Å². The lowest BCUT2D eigenvalue weighted by atomic mass is 10.1. The van der Waals surface area contributed by atoms with Crippen molar-refractivity contribution in [2.24, 2.45) is 0 Å². The Kier molecular flexibility index (Phi) is 5.97. The van der Waals surface area contributed by atoms with Gasteiger partial charge >= 0.3 is 0 Å². The van der Waals surface area contributed by atoms with Gasteiger partial charge in [0.05, 0.1) is 19.3 Å². The summed E-state index contributed by atoms with van der Waals surface area (Å²) in [6.45, 7) is 1.92. The van der Waals surface area contributed by atoms with E-state index in [0.29, 0.717) is 0 Å². The third kappa shape index (κ3) is 5.17. The molecule has 4 N–H and O–H groups in total. The lowest BCUT2D eigenvalue weighted by Gasteiger charge is -2.19. The van der Waals surface area contributed by atoms with Crippen LogP contribution in [0.4, 0.5) is 0 Å². The molecule has 0 spiro atoms. The lowest BCUT2D eigenvalue weighted by molar-refractivity contribution is 0.162. The molecule has 0 bridgehead atoms. The van der Waals surface area contributed by atoms with Crippen LogP contribution >= 0.6 is 0 Å². The summed E-state index contributed by atoms with van der Waals surface area (Å²) in [4.78, 5) is 0. The zero-order valence-corrected chi connectivity index (χ0v) is 10.1. The topological polar surface area (TPSA) is 72.7 Å². The number of hydrogen-bond acceptors (Lipinski definition) is 4. The first-order valence-corrected chi connectivity index (χ1v) is 5.91. The van der Waals surface area contributed by atoms with Gasteiger partial charge in [-0.25, -0.2) is 0 Å². The number of aryl methyl sites for hydroxylation is 1. The van der Waals surface area contributed by atoms with Crippen molar-refractivity contribution in [1.82, 2.24) is 5.32 Å². The van der Waals surface area contributed by atoms with Crippen LogP contribution in [0.1, 0.15) is 18.9 Å². The fourth-order valence-corrected chi connectivity index (χ4v) is 1.69. The zero-order valence-electron chi connectivity index (χ0n) is 10.1. The number of aliphatic hydroxyl groups is 2. The van der Waals surface area contributed by atoms with Gasteiger partial charge in [-0.2, -0.15) is 0 Å². The Labute approximate surface area is 102 Å². The standard InChI is InChI=1S/C13H21NO3/c1-10(14-12(8-15)9-16)2-3-11-4-6-13(17)7-5-11/h4-7,10,12,14-17H,2-3,8-9H2,1H3. The molecule has 1 atom stereocenters. The molecule has 0 amide bonds. The molecule has 96 valence electrons. The molecule has 0 aliphatic heterocycles. The van der Waals surface area contributed by atoms with Crippen molar-refractivity contribution in [3.05, 3.63) is 29.8 Å². The van der Waals surface area contributed by atoms with Gasteiger partial charge in [-0.3, -0.25) is 0 Å². The minimum Gasteiger partial charge on any atom is -0.508 e. The van der Waals surface area contributed by atoms with E-state index in [0.717, 1.165) is 12.8 Å². The van der Waals surface area contributed by atoms with Crippen LogP contribution in [0.15, 0.2) is 24.3 Å². The summed E-state index contributed by atoms with van der Waals surface area (Å²) >= 11 is 0. The van der Waals surface area contributed by atoms with E-state index in [4.69, 9.17) is 15.3 Å². The first-order valence-electron chi connectivity index (χ1n) is 5.91. The molecule has 1 unspecified atom stereocenters. The maximum atomic E-state index is 9.15.